The highest BCUT2D eigenvalue weighted by molar-refractivity contribution is 6.29. The van der Waals surface area contributed by atoms with Crippen molar-refractivity contribution in [2.24, 2.45) is 0 Å². The maximum Gasteiger partial charge on any atom is 0.131 e. The molecule has 0 aliphatic carbocycles. The Kier molecular flexibility index (Phi) is 4.98. The maximum atomic E-state index is 5.88. The van der Waals surface area contributed by atoms with Gasteiger partial charge < -0.3 is 10.1 Å². The molecule has 2 aromatic carbocycles. The van der Waals surface area contributed by atoms with Crippen LogP contribution in [0.1, 0.15) is 5.69 Å². The molecule has 0 amide bonds. The number of rotatable bonds is 6. The van der Waals surface area contributed by atoms with E-state index in [0.29, 0.717) is 11.7 Å². The predicted molar refractivity (Wildman–Crippen MR) is 104 cm³/mol. The second-order valence-corrected chi connectivity index (χ2v) is 6.17. The van der Waals surface area contributed by atoms with Crippen molar-refractivity contribution in [3.63, 3.8) is 0 Å². The number of benzene rings is 2. The molecule has 2 heterocycles. The van der Waals surface area contributed by atoms with Gasteiger partial charge in [-0.3, -0.25) is 0 Å². The van der Waals surface area contributed by atoms with Gasteiger partial charge in [0.1, 0.15) is 22.3 Å². The summed E-state index contributed by atoms with van der Waals surface area (Å²) < 4.78 is 7.53. The van der Waals surface area contributed by atoms with E-state index >= 15 is 0 Å². The molecular weight excluding hydrogens is 362 g/mol. The lowest BCUT2D eigenvalue weighted by atomic mass is 10.3. The summed E-state index contributed by atoms with van der Waals surface area (Å²) in [7, 11) is 0. The Morgan fingerprint density at radius 2 is 1.74 bits per heavy atom. The fourth-order valence-electron chi connectivity index (χ4n) is 2.50. The number of hydrogen-bond acceptors (Lipinski definition) is 5. The van der Waals surface area contributed by atoms with Gasteiger partial charge in [0.25, 0.3) is 0 Å². The Hall–Kier alpha value is -3.38. The summed E-state index contributed by atoms with van der Waals surface area (Å²) in [6.45, 7) is 0.537. The van der Waals surface area contributed by atoms with E-state index in [-0.39, 0.29) is 0 Å². The second kappa shape index (κ2) is 7.88. The minimum Gasteiger partial charge on any atom is -0.457 e. The Labute approximate surface area is 161 Å². The zero-order valence-corrected chi connectivity index (χ0v) is 15.0. The van der Waals surface area contributed by atoms with Gasteiger partial charge in [0.15, 0.2) is 0 Å². The van der Waals surface area contributed by atoms with Crippen LogP contribution in [0.25, 0.3) is 5.69 Å². The first-order valence-electron chi connectivity index (χ1n) is 8.36. The fourth-order valence-corrected chi connectivity index (χ4v) is 2.68. The third kappa shape index (κ3) is 4.43. The summed E-state index contributed by atoms with van der Waals surface area (Å²) >= 11 is 5.88. The van der Waals surface area contributed by atoms with Crippen LogP contribution in [0.15, 0.2) is 79.1 Å². The Bertz CT molecular complexity index is 1020. The maximum absolute atomic E-state index is 5.88. The molecule has 0 radical (unpaired) electrons. The number of hydrogen-bond donors (Lipinski definition) is 1. The van der Waals surface area contributed by atoms with E-state index in [2.05, 4.69) is 20.6 Å². The van der Waals surface area contributed by atoms with E-state index in [1.54, 1.807) is 16.9 Å². The van der Waals surface area contributed by atoms with Crippen molar-refractivity contribution in [3.8, 4) is 17.2 Å². The normalized spacial score (nSPS) is 10.6. The van der Waals surface area contributed by atoms with E-state index in [4.69, 9.17) is 16.3 Å². The molecule has 2 aromatic heterocycles. The van der Waals surface area contributed by atoms with Crippen molar-refractivity contribution in [1.82, 2.24) is 20.0 Å². The first-order valence-corrected chi connectivity index (χ1v) is 8.74. The summed E-state index contributed by atoms with van der Waals surface area (Å²) in [5.74, 6) is 1.57. The van der Waals surface area contributed by atoms with Gasteiger partial charge in [0.05, 0.1) is 18.4 Å². The molecule has 0 aliphatic rings. The number of anilines is 1. The molecule has 0 spiro atoms. The van der Waals surface area contributed by atoms with Gasteiger partial charge in [0.2, 0.25) is 0 Å². The zero-order chi connectivity index (χ0) is 18.5. The van der Waals surface area contributed by atoms with Crippen LogP contribution in [-0.4, -0.2) is 20.0 Å². The largest absolute Gasteiger partial charge is 0.457 e. The summed E-state index contributed by atoms with van der Waals surface area (Å²) in [6, 6.07) is 21.0. The number of nitrogens with one attached hydrogen (secondary N) is 1. The quantitative estimate of drug-likeness (QED) is 0.492. The van der Waals surface area contributed by atoms with E-state index in [1.807, 2.05) is 66.9 Å². The minimum atomic E-state index is 0.446. The Balaban J connectivity index is 1.40. The number of ether oxygens (including phenoxy) is 1. The van der Waals surface area contributed by atoms with E-state index in [0.717, 1.165) is 28.6 Å². The molecule has 6 nitrogen and oxygen atoms in total. The van der Waals surface area contributed by atoms with Gasteiger partial charge in [-0.25, -0.2) is 9.67 Å². The summed E-state index contributed by atoms with van der Waals surface area (Å²) in [5, 5.41) is 12.1. The molecule has 0 unspecified atom stereocenters. The van der Waals surface area contributed by atoms with E-state index in [9.17, 15) is 0 Å². The number of pyridine rings is 1. The average molecular weight is 378 g/mol. The highest BCUT2D eigenvalue weighted by Gasteiger charge is 2.04. The highest BCUT2D eigenvalue weighted by Crippen LogP contribution is 2.22. The topological polar surface area (TPSA) is 64.9 Å². The Morgan fingerprint density at radius 3 is 2.52 bits per heavy atom. The molecule has 0 bridgehead atoms. The molecule has 0 saturated carbocycles. The molecule has 4 aromatic rings. The first-order chi connectivity index (χ1) is 13.3. The molecule has 134 valence electrons. The third-order valence-electron chi connectivity index (χ3n) is 3.82. The standard InChI is InChI=1S/C20H16ClN5O/c21-20-12-15(10-11-22-20)23-13-16-14-26(25-24-16)17-6-8-19(9-7-17)27-18-4-2-1-3-5-18/h1-12,14H,13H2,(H,22,23). The van der Waals surface area contributed by atoms with E-state index < -0.39 is 0 Å². The van der Waals surface area contributed by atoms with Gasteiger partial charge in [-0.1, -0.05) is 35.0 Å². The molecule has 0 saturated heterocycles. The van der Waals surface area contributed by atoms with Crippen molar-refractivity contribution in [1.29, 1.82) is 0 Å². The zero-order valence-electron chi connectivity index (χ0n) is 14.3. The van der Waals surface area contributed by atoms with Crippen LogP contribution in [0, 0.1) is 0 Å². The summed E-state index contributed by atoms with van der Waals surface area (Å²) in [6.07, 6.45) is 3.53. The smallest absolute Gasteiger partial charge is 0.131 e. The van der Waals surface area contributed by atoms with Gasteiger partial charge in [-0.05, 0) is 48.5 Å². The van der Waals surface area contributed by atoms with Crippen LogP contribution < -0.4 is 10.1 Å². The fraction of sp³-hybridized carbons (Fsp3) is 0.0500. The minimum absolute atomic E-state index is 0.446. The Morgan fingerprint density at radius 1 is 0.963 bits per heavy atom. The first kappa shape index (κ1) is 17.1. The second-order valence-electron chi connectivity index (χ2n) is 5.78. The lowest BCUT2D eigenvalue weighted by molar-refractivity contribution is 0.482. The SMILES string of the molecule is Clc1cc(NCc2cn(-c3ccc(Oc4ccccc4)cc3)nn2)ccn1. The summed E-state index contributed by atoms with van der Waals surface area (Å²) in [4.78, 5) is 3.96. The number of halogens is 1. The lowest BCUT2D eigenvalue weighted by Crippen LogP contribution is -1.99. The van der Waals surface area contributed by atoms with Crippen LogP contribution in [-0.2, 0) is 6.54 Å². The number of nitrogens with zero attached hydrogens (tertiary/aromatic N) is 4. The molecule has 1 N–H and O–H groups in total. The van der Waals surface area contributed by atoms with Crippen LogP contribution in [0.4, 0.5) is 5.69 Å². The van der Waals surface area contributed by atoms with E-state index in [1.165, 1.54) is 0 Å². The van der Waals surface area contributed by atoms with Gasteiger partial charge in [-0.2, -0.15) is 0 Å². The monoisotopic (exact) mass is 377 g/mol. The van der Waals surface area contributed by atoms with Crippen molar-refractivity contribution in [2.75, 3.05) is 5.32 Å². The van der Waals surface area contributed by atoms with Crippen molar-refractivity contribution in [3.05, 3.63) is 90.0 Å². The van der Waals surface area contributed by atoms with Crippen LogP contribution in [0.2, 0.25) is 5.15 Å². The van der Waals surface area contributed by atoms with Crippen LogP contribution in [0.5, 0.6) is 11.5 Å². The average Bonchev–Trinajstić information content (AvgIpc) is 3.17. The van der Waals surface area contributed by atoms with Crippen LogP contribution in [0.3, 0.4) is 0 Å². The van der Waals surface area contributed by atoms with Gasteiger partial charge in [-0.15, -0.1) is 5.10 Å². The molecule has 0 fully saturated rings. The molecular formula is C20H16ClN5O. The van der Waals surface area contributed by atoms with Crippen molar-refractivity contribution >= 4 is 17.3 Å². The molecule has 0 aliphatic heterocycles. The van der Waals surface area contributed by atoms with Gasteiger partial charge >= 0.3 is 0 Å². The van der Waals surface area contributed by atoms with Crippen LogP contribution >= 0.6 is 11.6 Å². The van der Waals surface area contributed by atoms with Crippen molar-refractivity contribution in [2.45, 2.75) is 6.54 Å². The summed E-state index contributed by atoms with van der Waals surface area (Å²) in [5.41, 5.74) is 2.60. The molecule has 7 heteroatoms. The third-order valence-corrected chi connectivity index (χ3v) is 4.03. The number of aromatic nitrogens is 4. The van der Waals surface area contributed by atoms with Gasteiger partial charge in [0, 0.05) is 11.9 Å². The number of para-hydroxylation sites is 1. The molecule has 0 atom stereocenters. The highest BCUT2D eigenvalue weighted by atomic mass is 35.5. The molecule has 4 rings (SSSR count). The lowest BCUT2D eigenvalue weighted by Gasteiger charge is -2.06. The molecule has 27 heavy (non-hydrogen) atoms. The predicted octanol–water partition coefficient (Wildman–Crippen LogP) is 4.72. The van der Waals surface area contributed by atoms with Crippen molar-refractivity contribution < 1.29 is 4.74 Å².